The zero-order valence-corrected chi connectivity index (χ0v) is 10.0. The van der Waals surface area contributed by atoms with Gasteiger partial charge in [-0.15, -0.1) is 17.8 Å². The third kappa shape index (κ3) is 4.00. The van der Waals surface area contributed by atoms with Gasteiger partial charge in [0, 0.05) is 24.7 Å². The molecule has 0 saturated carbocycles. The molecular formula is C11H17N3S. The maximum atomic E-state index is 5.13. The molecule has 0 atom stereocenters. The molecule has 82 valence electrons. The van der Waals surface area contributed by atoms with E-state index in [-0.39, 0.29) is 5.54 Å². The Labute approximate surface area is 95.3 Å². The van der Waals surface area contributed by atoms with Gasteiger partial charge in [0.15, 0.2) is 0 Å². The number of terminal acetylenes is 1. The maximum Gasteiger partial charge on any atom is 0.112 e. The molecule has 1 rings (SSSR count). The van der Waals surface area contributed by atoms with Crippen molar-refractivity contribution in [3.05, 3.63) is 16.6 Å². The van der Waals surface area contributed by atoms with E-state index in [1.54, 1.807) is 11.3 Å². The van der Waals surface area contributed by atoms with Crippen LogP contribution < -0.4 is 10.6 Å². The lowest BCUT2D eigenvalue weighted by Gasteiger charge is -2.23. The Bertz CT molecular complexity index is 311. The first kappa shape index (κ1) is 12.2. The van der Waals surface area contributed by atoms with E-state index in [9.17, 15) is 0 Å². The number of nitrogens with zero attached hydrogens (tertiary/aromatic N) is 1. The lowest BCUT2D eigenvalue weighted by atomic mass is 10.1. The smallest absolute Gasteiger partial charge is 0.112 e. The summed E-state index contributed by atoms with van der Waals surface area (Å²) in [6, 6.07) is 0. The van der Waals surface area contributed by atoms with E-state index in [0.29, 0.717) is 6.54 Å². The zero-order valence-electron chi connectivity index (χ0n) is 9.21. The molecule has 0 aliphatic rings. The third-order valence-electron chi connectivity index (χ3n) is 2.06. The summed E-state index contributed by atoms with van der Waals surface area (Å²) in [6.45, 7) is 6.65. The predicted octanol–water partition coefficient (Wildman–Crippen LogP) is 1.19. The van der Waals surface area contributed by atoms with Crippen LogP contribution in [0.1, 0.15) is 18.9 Å². The first-order chi connectivity index (χ1) is 7.17. The quantitative estimate of drug-likeness (QED) is 0.562. The molecule has 1 heterocycles. The minimum absolute atomic E-state index is 0.0635. The second-order valence-corrected chi connectivity index (χ2v) is 4.66. The Morgan fingerprint density at radius 3 is 2.93 bits per heavy atom. The summed E-state index contributed by atoms with van der Waals surface area (Å²) in [7, 11) is 0. The van der Waals surface area contributed by atoms with Crippen LogP contribution in [0.15, 0.2) is 11.6 Å². The summed E-state index contributed by atoms with van der Waals surface area (Å²) in [6.07, 6.45) is 6.97. The summed E-state index contributed by atoms with van der Waals surface area (Å²) < 4.78 is 0. The molecule has 2 N–H and O–H groups in total. The summed E-state index contributed by atoms with van der Waals surface area (Å²) >= 11 is 1.67. The standard InChI is InChI=1S/C11H17N3S/c1-4-5-12-6-7-14-11(2,3)10-13-8-9-15-10/h1,8-9,12,14H,5-7H2,2-3H3. The van der Waals surface area contributed by atoms with E-state index in [1.807, 2.05) is 11.6 Å². The zero-order chi connectivity index (χ0) is 11.1. The summed E-state index contributed by atoms with van der Waals surface area (Å²) in [5.74, 6) is 2.54. The van der Waals surface area contributed by atoms with Crippen molar-refractivity contribution in [2.24, 2.45) is 0 Å². The SMILES string of the molecule is C#CCNCCNC(C)(C)c1nccs1. The monoisotopic (exact) mass is 223 g/mol. The van der Waals surface area contributed by atoms with E-state index in [1.165, 1.54) is 0 Å². The van der Waals surface area contributed by atoms with Gasteiger partial charge in [0.05, 0.1) is 12.1 Å². The van der Waals surface area contributed by atoms with Gasteiger partial charge in [-0.1, -0.05) is 5.92 Å². The third-order valence-corrected chi connectivity index (χ3v) is 3.16. The Morgan fingerprint density at radius 2 is 2.33 bits per heavy atom. The van der Waals surface area contributed by atoms with E-state index < -0.39 is 0 Å². The van der Waals surface area contributed by atoms with Gasteiger partial charge in [0.25, 0.3) is 0 Å². The fraction of sp³-hybridized carbons (Fsp3) is 0.545. The average Bonchev–Trinajstić information content (AvgIpc) is 2.70. The molecule has 0 fully saturated rings. The molecule has 0 aromatic carbocycles. The Kier molecular flexibility index (Phi) is 4.76. The molecule has 1 aromatic rings. The number of hydrogen-bond donors (Lipinski definition) is 2. The average molecular weight is 223 g/mol. The topological polar surface area (TPSA) is 37.0 Å². The van der Waals surface area contributed by atoms with Gasteiger partial charge in [-0.05, 0) is 13.8 Å². The molecular weight excluding hydrogens is 206 g/mol. The highest BCUT2D eigenvalue weighted by molar-refractivity contribution is 7.09. The van der Waals surface area contributed by atoms with Crippen LogP contribution in [0.4, 0.5) is 0 Å². The van der Waals surface area contributed by atoms with Crippen LogP contribution in [0.5, 0.6) is 0 Å². The van der Waals surface area contributed by atoms with Crippen LogP contribution >= 0.6 is 11.3 Å². The summed E-state index contributed by atoms with van der Waals surface area (Å²) in [4.78, 5) is 4.31. The molecule has 15 heavy (non-hydrogen) atoms. The Balaban J connectivity index is 2.29. The fourth-order valence-electron chi connectivity index (χ4n) is 1.23. The van der Waals surface area contributed by atoms with Gasteiger partial charge in [0.1, 0.15) is 5.01 Å². The van der Waals surface area contributed by atoms with Gasteiger partial charge >= 0.3 is 0 Å². The molecule has 4 heteroatoms. The predicted molar refractivity (Wildman–Crippen MR) is 64.8 cm³/mol. The molecule has 1 aromatic heterocycles. The van der Waals surface area contributed by atoms with Crippen LogP contribution in [0.3, 0.4) is 0 Å². The minimum Gasteiger partial charge on any atom is -0.305 e. The second kappa shape index (κ2) is 5.86. The number of thiazole rings is 1. The van der Waals surface area contributed by atoms with Crippen molar-refractivity contribution in [3.63, 3.8) is 0 Å². The van der Waals surface area contributed by atoms with Crippen LogP contribution in [0.2, 0.25) is 0 Å². The van der Waals surface area contributed by atoms with Crippen LogP contribution in [0, 0.1) is 12.3 Å². The molecule has 0 radical (unpaired) electrons. The maximum absolute atomic E-state index is 5.13. The molecule has 0 aliphatic carbocycles. The highest BCUT2D eigenvalue weighted by Gasteiger charge is 2.21. The van der Waals surface area contributed by atoms with Crippen molar-refractivity contribution in [1.29, 1.82) is 0 Å². The number of hydrogen-bond acceptors (Lipinski definition) is 4. The van der Waals surface area contributed by atoms with E-state index in [4.69, 9.17) is 6.42 Å². The highest BCUT2D eigenvalue weighted by atomic mass is 32.1. The lowest BCUT2D eigenvalue weighted by Crippen LogP contribution is -2.40. The molecule has 0 spiro atoms. The Hall–Kier alpha value is -0.890. The summed E-state index contributed by atoms with van der Waals surface area (Å²) in [5.41, 5.74) is -0.0635. The largest absolute Gasteiger partial charge is 0.305 e. The molecule has 0 bridgehead atoms. The Morgan fingerprint density at radius 1 is 1.53 bits per heavy atom. The van der Waals surface area contributed by atoms with Crippen molar-refractivity contribution in [2.45, 2.75) is 19.4 Å². The van der Waals surface area contributed by atoms with Gasteiger partial charge < -0.3 is 10.6 Å². The first-order valence-corrected chi connectivity index (χ1v) is 5.84. The van der Waals surface area contributed by atoms with Crippen molar-refractivity contribution >= 4 is 11.3 Å². The van der Waals surface area contributed by atoms with Crippen molar-refractivity contribution < 1.29 is 0 Å². The van der Waals surface area contributed by atoms with Crippen molar-refractivity contribution in [2.75, 3.05) is 19.6 Å². The van der Waals surface area contributed by atoms with Gasteiger partial charge in [0.2, 0.25) is 0 Å². The second-order valence-electron chi connectivity index (χ2n) is 3.77. The lowest BCUT2D eigenvalue weighted by molar-refractivity contribution is 0.401. The molecule has 3 nitrogen and oxygen atoms in total. The molecule has 0 aliphatic heterocycles. The minimum atomic E-state index is -0.0635. The van der Waals surface area contributed by atoms with E-state index >= 15 is 0 Å². The first-order valence-electron chi connectivity index (χ1n) is 4.96. The van der Waals surface area contributed by atoms with E-state index in [2.05, 4.69) is 35.4 Å². The van der Waals surface area contributed by atoms with Crippen molar-refractivity contribution in [1.82, 2.24) is 15.6 Å². The fourth-order valence-corrected chi connectivity index (χ4v) is 1.97. The molecule has 0 unspecified atom stereocenters. The van der Waals surface area contributed by atoms with Crippen molar-refractivity contribution in [3.8, 4) is 12.3 Å². The number of rotatable bonds is 6. The summed E-state index contributed by atoms with van der Waals surface area (Å²) in [5, 5.41) is 9.68. The number of aromatic nitrogens is 1. The van der Waals surface area contributed by atoms with Crippen LogP contribution in [0.25, 0.3) is 0 Å². The number of nitrogens with one attached hydrogen (secondary N) is 2. The van der Waals surface area contributed by atoms with E-state index in [0.717, 1.165) is 18.1 Å². The van der Waals surface area contributed by atoms with Gasteiger partial charge in [-0.2, -0.15) is 0 Å². The van der Waals surface area contributed by atoms with Gasteiger partial charge in [-0.3, -0.25) is 0 Å². The van der Waals surface area contributed by atoms with Crippen LogP contribution in [-0.2, 0) is 5.54 Å². The normalized spacial score (nSPS) is 11.3. The van der Waals surface area contributed by atoms with Gasteiger partial charge in [-0.25, -0.2) is 4.98 Å². The molecule has 0 saturated heterocycles. The van der Waals surface area contributed by atoms with Crippen LogP contribution in [-0.4, -0.2) is 24.6 Å². The highest BCUT2D eigenvalue weighted by Crippen LogP contribution is 2.21. The molecule has 0 amide bonds.